The first kappa shape index (κ1) is 10.9. The maximum atomic E-state index is 10.6. The number of nitrogens with zero attached hydrogens (tertiary/aromatic N) is 1. The van der Waals surface area contributed by atoms with Crippen molar-refractivity contribution in [1.82, 2.24) is 5.48 Å². The van der Waals surface area contributed by atoms with Gasteiger partial charge in [0.1, 0.15) is 0 Å². The SMILES string of the molecule is CONCc1c(Cl)cccc1[N+](=O)[O-]. The van der Waals surface area contributed by atoms with Gasteiger partial charge in [0.2, 0.25) is 0 Å². The summed E-state index contributed by atoms with van der Waals surface area (Å²) in [7, 11) is 1.43. The third kappa shape index (κ3) is 2.41. The van der Waals surface area contributed by atoms with Crippen LogP contribution in [0.1, 0.15) is 5.56 Å². The lowest BCUT2D eigenvalue weighted by molar-refractivity contribution is -0.385. The highest BCUT2D eigenvalue weighted by molar-refractivity contribution is 6.31. The minimum atomic E-state index is -0.474. The Bertz CT molecular complexity index is 343. The average Bonchev–Trinajstić information content (AvgIpc) is 2.15. The third-order valence-electron chi connectivity index (χ3n) is 1.68. The number of halogens is 1. The van der Waals surface area contributed by atoms with Crippen LogP contribution >= 0.6 is 11.6 Å². The van der Waals surface area contributed by atoms with Gasteiger partial charge in [-0.15, -0.1) is 0 Å². The Morgan fingerprint density at radius 1 is 1.64 bits per heavy atom. The summed E-state index contributed by atoms with van der Waals surface area (Å²) >= 11 is 5.81. The van der Waals surface area contributed by atoms with Crippen molar-refractivity contribution in [2.75, 3.05) is 7.11 Å². The largest absolute Gasteiger partial charge is 0.305 e. The second kappa shape index (κ2) is 4.90. The third-order valence-corrected chi connectivity index (χ3v) is 2.04. The second-order valence-electron chi connectivity index (χ2n) is 2.52. The van der Waals surface area contributed by atoms with E-state index in [1.165, 1.54) is 19.2 Å². The normalized spacial score (nSPS) is 10.1. The molecule has 0 saturated heterocycles. The minimum absolute atomic E-state index is 0.0120. The van der Waals surface area contributed by atoms with Crippen molar-refractivity contribution in [2.45, 2.75) is 6.54 Å². The van der Waals surface area contributed by atoms with E-state index in [2.05, 4.69) is 10.3 Å². The van der Waals surface area contributed by atoms with Gasteiger partial charge in [0.05, 0.1) is 29.2 Å². The molecule has 14 heavy (non-hydrogen) atoms. The van der Waals surface area contributed by atoms with Crippen molar-refractivity contribution in [3.05, 3.63) is 38.9 Å². The van der Waals surface area contributed by atoms with E-state index in [1.807, 2.05) is 0 Å². The summed E-state index contributed by atoms with van der Waals surface area (Å²) in [5, 5.41) is 11.0. The monoisotopic (exact) mass is 216 g/mol. The highest BCUT2D eigenvalue weighted by Gasteiger charge is 2.15. The first-order valence-electron chi connectivity index (χ1n) is 3.84. The topological polar surface area (TPSA) is 64.4 Å². The molecular formula is C8H9ClN2O3. The summed E-state index contributed by atoms with van der Waals surface area (Å²) in [4.78, 5) is 14.7. The van der Waals surface area contributed by atoms with Gasteiger partial charge in [0.25, 0.3) is 5.69 Å². The van der Waals surface area contributed by atoms with Gasteiger partial charge in [-0.3, -0.25) is 10.1 Å². The zero-order chi connectivity index (χ0) is 10.6. The van der Waals surface area contributed by atoms with Crippen LogP contribution in [0.5, 0.6) is 0 Å². The van der Waals surface area contributed by atoms with Crippen LogP contribution in [-0.4, -0.2) is 12.0 Å². The van der Waals surface area contributed by atoms with E-state index in [-0.39, 0.29) is 12.2 Å². The smallest absolute Gasteiger partial charge is 0.275 e. The Labute approximate surface area is 85.7 Å². The van der Waals surface area contributed by atoms with Gasteiger partial charge in [0.15, 0.2) is 0 Å². The van der Waals surface area contributed by atoms with Crippen LogP contribution in [0.15, 0.2) is 18.2 Å². The van der Waals surface area contributed by atoms with E-state index in [0.717, 1.165) is 0 Å². The van der Waals surface area contributed by atoms with Crippen LogP contribution in [0.2, 0.25) is 5.02 Å². The van der Waals surface area contributed by atoms with E-state index in [9.17, 15) is 10.1 Å². The molecule has 76 valence electrons. The number of hydrogen-bond donors (Lipinski definition) is 1. The standard InChI is InChI=1S/C8H9ClN2O3/c1-14-10-5-6-7(9)3-2-4-8(6)11(12)13/h2-4,10H,5H2,1H3. The predicted molar refractivity (Wildman–Crippen MR) is 52.0 cm³/mol. The van der Waals surface area contributed by atoms with Gasteiger partial charge >= 0.3 is 0 Å². The van der Waals surface area contributed by atoms with Gasteiger partial charge < -0.3 is 4.84 Å². The fourth-order valence-electron chi connectivity index (χ4n) is 1.04. The maximum Gasteiger partial charge on any atom is 0.275 e. The van der Waals surface area contributed by atoms with Crippen LogP contribution in [0.4, 0.5) is 5.69 Å². The molecule has 0 spiro atoms. The quantitative estimate of drug-likeness (QED) is 0.617. The Balaban J connectivity index is 3.02. The summed E-state index contributed by atoms with van der Waals surface area (Å²) < 4.78 is 0. The van der Waals surface area contributed by atoms with E-state index in [0.29, 0.717) is 10.6 Å². The molecular weight excluding hydrogens is 208 g/mol. The first-order valence-corrected chi connectivity index (χ1v) is 4.22. The van der Waals surface area contributed by atoms with Crippen molar-refractivity contribution < 1.29 is 9.76 Å². The van der Waals surface area contributed by atoms with Gasteiger partial charge in [-0.05, 0) is 6.07 Å². The van der Waals surface area contributed by atoms with Crippen LogP contribution in [-0.2, 0) is 11.4 Å². The lowest BCUT2D eigenvalue weighted by Gasteiger charge is -2.04. The number of benzene rings is 1. The number of nitrogens with one attached hydrogen (secondary N) is 1. The fraction of sp³-hybridized carbons (Fsp3) is 0.250. The number of nitro groups is 1. The molecule has 0 atom stereocenters. The molecule has 1 aromatic rings. The summed E-state index contributed by atoms with van der Waals surface area (Å²) in [6.07, 6.45) is 0. The number of hydrogen-bond acceptors (Lipinski definition) is 4. The maximum absolute atomic E-state index is 10.6. The summed E-state index contributed by atoms with van der Waals surface area (Å²) in [5.41, 5.74) is 2.92. The molecule has 1 N–H and O–H groups in total. The summed E-state index contributed by atoms with van der Waals surface area (Å²) in [5.74, 6) is 0. The molecule has 0 unspecified atom stereocenters. The number of rotatable bonds is 4. The van der Waals surface area contributed by atoms with Crippen molar-refractivity contribution in [3.63, 3.8) is 0 Å². The van der Waals surface area contributed by atoms with Crippen LogP contribution < -0.4 is 5.48 Å². The summed E-state index contributed by atoms with van der Waals surface area (Å²) in [6, 6.07) is 4.54. The molecule has 1 rings (SSSR count). The van der Waals surface area contributed by atoms with Crippen molar-refractivity contribution >= 4 is 17.3 Å². The zero-order valence-corrected chi connectivity index (χ0v) is 8.25. The average molecular weight is 217 g/mol. The summed E-state index contributed by atoms with van der Waals surface area (Å²) in [6.45, 7) is 0.201. The molecule has 1 aromatic carbocycles. The molecule has 0 fully saturated rings. The molecule has 0 radical (unpaired) electrons. The zero-order valence-electron chi connectivity index (χ0n) is 7.49. The van der Waals surface area contributed by atoms with E-state index < -0.39 is 4.92 Å². The molecule has 0 heterocycles. The van der Waals surface area contributed by atoms with Crippen molar-refractivity contribution in [1.29, 1.82) is 0 Å². The van der Waals surface area contributed by atoms with E-state index in [1.54, 1.807) is 6.07 Å². The number of nitro benzene ring substituents is 1. The van der Waals surface area contributed by atoms with Crippen LogP contribution in [0.3, 0.4) is 0 Å². The van der Waals surface area contributed by atoms with Crippen LogP contribution in [0, 0.1) is 10.1 Å². The second-order valence-corrected chi connectivity index (χ2v) is 2.93. The van der Waals surface area contributed by atoms with Crippen molar-refractivity contribution in [3.8, 4) is 0 Å². The molecule has 0 bridgehead atoms. The lowest BCUT2D eigenvalue weighted by atomic mass is 10.2. The molecule has 0 aliphatic rings. The number of hydroxylamine groups is 1. The first-order chi connectivity index (χ1) is 6.66. The Hall–Kier alpha value is -1.17. The van der Waals surface area contributed by atoms with Gasteiger partial charge in [0, 0.05) is 6.07 Å². The Morgan fingerprint density at radius 3 is 2.93 bits per heavy atom. The molecule has 0 aliphatic heterocycles. The molecule has 6 heteroatoms. The predicted octanol–water partition coefficient (Wildman–Crippen LogP) is 1.90. The molecule has 5 nitrogen and oxygen atoms in total. The van der Waals surface area contributed by atoms with Gasteiger partial charge in [-0.2, -0.15) is 5.48 Å². The molecule has 0 aromatic heterocycles. The lowest BCUT2D eigenvalue weighted by Crippen LogP contribution is -2.12. The highest BCUT2D eigenvalue weighted by Crippen LogP contribution is 2.25. The van der Waals surface area contributed by atoms with E-state index >= 15 is 0 Å². The Kier molecular flexibility index (Phi) is 3.82. The van der Waals surface area contributed by atoms with Gasteiger partial charge in [-0.1, -0.05) is 17.7 Å². The fourth-order valence-corrected chi connectivity index (χ4v) is 1.27. The van der Waals surface area contributed by atoms with Crippen molar-refractivity contribution in [2.24, 2.45) is 0 Å². The molecule has 0 aliphatic carbocycles. The Morgan fingerprint density at radius 2 is 2.36 bits per heavy atom. The van der Waals surface area contributed by atoms with E-state index in [4.69, 9.17) is 11.6 Å². The minimum Gasteiger partial charge on any atom is -0.305 e. The molecule has 0 saturated carbocycles. The van der Waals surface area contributed by atoms with Gasteiger partial charge in [-0.25, -0.2) is 0 Å². The highest BCUT2D eigenvalue weighted by atomic mass is 35.5. The molecule has 0 amide bonds. The van der Waals surface area contributed by atoms with Crippen LogP contribution in [0.25, 0.3) is 0 Å².